The third-order valence-electron chi connectivity index (χ3n) is 4.77. The summed E-state index contributed by atoms with van der Waals surface area (Å²) >= 11 is 0. The predicted octanol–water partition coefficient (Wildman–Crippen LogP) is 3.08. The summed E-state index contributed by atoms with van der Waals surface area (Å²) in [6.45, 7) is 1.06. The van der Waals surface area contributed by atoms with Gasteiger partial charge in [-0.3, -0.25) is 9.78 Å². The number of aliphatic hydroxyl groups is 1. The van der Waals surface area contributed by atoms with Gasteiger partial charge in [-0.15, -0.1) is 0 Å². The average molecular weight is 418 g/mol. The third-order valence-corrected chi connectivity index (χ3v) is 4.77. The highest BCUT2D eigenvalue weighted by Gasteiger charge is 2.12. The van der Waals surface area contributed by atoms with Gasteiger partial charge in [0, 0.05) is 43.3 Å². The predicted molar refractivity (Wildman–Crippen MR) is 120 cm³/mol. The lowest BCUT2D eigenvalue weighted by molar-refractivity contribution is 0.102. The van der Waals surface area contributed by atoms with Crippen molar-refractivity contribution in [3.8, 4) is 0 Å². The average Bonchev–Trinajstić information content (AvgIpc) is 2.82. The largest absolute Gasteiger partial charge is 0.395 e. The van der Waals surface area contributed by atoms with E-state index >= 15 is 0 Å². The molecule has 0 aliphatic rings. The van der Waals surface area contributed by atoms with Crippen molar-refractivity contribution in [3.05, 3.63) is 95.8 Å². The minimum absolute atomic E-state index is 0.0892. The maximum Gasteiger partial charge on any atom is 0.317 e. The van der Waals surface area contributed by atoms with Gasteiger partial charge in [-0.1, -0.05) is 42.5 Å². The Morgan fingerprint density at radius 2 is 1.58 bits per heavy atom. The molecule has 1 heterocycles. The number of benzene rings is 2. The van der Waals surface area contributed by atoms with Crippen LogP contribution in [0.5, 0.6) is 0 Å². The first kappa shape index (κ1) is 22.0. The van der Waals surface area contributed by atoms with Gasteiger partial charge in [-0.05, 0) is 41.8 Å². The monoisotopic (exact) mass is 418 g/mol. The van der Waals surface area contributed by atoms with Crippen LogP contribution in [0.2, 0.25) is 0 Å². The van der Waals surface area contributed by atoms with E-state index in [0.29, 0.717) is 24.3 Å². The van der Waals surface area contributed by atoms with Crippen molar-refractivity contribution in [2.45, 2.75) is 13.0 Å². The Balaban J connectivity index is 1.49. The van der Waals surface area contributed by atoms with E-state index in [1.165, 1.54) is 0 Å². The van der Waals surface area contributed by atoms with Gasteiger partial charge in [0.15, 0.2) is 0 Å². The Labute approximate surface area is 181 Å². The zero-order chi connectivity index (χ0) is 21.9. The van der Waals surface area contributed by atoms with Crippen molar-refractivity contribution in [1.82, 2.24) is 15.2 Å². The number of urea groups is 1. The Morgan fingerprint density at radius 1 is 0.871 bits per heavy atom. The van der Waals surface area contributed by atoms with Crippen LogP contribution in [0, 0.1) is 0 Å². The first-order chi connectivity index (χ1) is 15.2. The van der Waals surface area contributed by atoms with E-state index in [4.69, 9.17) is 0 Å². The van der Waals surface area contributed by atoms with Gasteiger partial charge in [-0.25, -0.2) is 4.79 Å². The van der Waals surface area contributed by atoms with Crippen molar-refractivity contribution >= 4 is 17.6 Å². The molecule has 0 radical (unpaired) electrons. The quantitative estimate of drug-likeness (QED) is 0.498. The molecule has 7 nitrogen and oxygen atoms in total. The summed E-state index contributed by atoms with van der Waals surface area (Å²) in [7, 11) is 0. The molecule has 3 aromatic rings. The number of nitrogens with one attached hydrogen (secondary N) is 2. The summed E-state index contributed by atoms with van der Waals surface area (Å²) in [6, 6.07) is 20.3. The molecule has 0 unspecified atom stereocenters. The maximum absolute atomic E-state index is 12.5. The van der Waals surface area contributed by atoms with E-state index in [0.717, 1.165) is 17.5 Å². The van der Waals surface area contributed by atoms with Crippen molar-refractivity contribution in [3.63, 3.8) is 0 Å². The van der Waals surface area contributed by atoms with Gasteiger partial charge in [0.1, 0.15) is 0 Å². The highest BCUT2D eigenvalue weighted by atomic mass is 16.3. The normalized spacial score (nSPS) is 10.4. The molecule has 0 aliphatic carbocycles. The summed E-state index contributed by atoms with van der Waals surface area (Å²) in [5.41, 5.74) is 3.25. The van der Waals surface area contributed by atoms with Crippen molar-refractivity contribution in [1.29, 1.82) is 0 Å². The van der Waals surface area contributed by atoms with E-state index in [1.54, 1.807) is 41.6 Å². The summed E-state index contributed by atoms with van der Waals surface area (Å²) in [5.74, 6) is -0.207. The van der Waals surface area contributed by atoms with E-state index in [-0.39, 0.29) is 25.1 Å². The second-order valence-corrected chi connectivity index (χ2v) is 6.99. The standard InChI is InChI=1S/C24H26N4O3/c29-17-16-28(15-12-19-4-2-1-3-5-19)24(31)26-18-20-6-8-22(9-7-20)27-23(30)21-10-13-25-14-11-21/h1-11,13-14,29H,12,15-18H2,(H,26,31)(H,27,30). The van der Waals surface area contributed by atoms with Crippen LogP contribution in [0.3, 0.4) is 0 Å². The molecule has 3 N–H and O–H groups in total. The molecule has 0 bridgehead atoms. The van der Waals surface area contributed by atoms with Crippen LogP contribution < -0.4 is 10.6 Å². The molecule has 0 saturated heterocycles. The van der Waals surface area contributed by atoms with Gasteiger partial charge in [0.2, 0.25) is 0 Å². The van der Waals surface area contributed by atoms with Crippen molar-refractivity contribution in [2.75, 3.05) is 25.0 Å². The third kappa shape index (κ3) is 6.94. The molecule has 0 aliphatic heterocycles. The number of hydrogen-bond donors (Lipinski definition) is 3. The minimum Gasteiger partial charge on any atom is -0.395 e. The van der Waals surface area contributed by atoms with Gasteiger partial charge in [0.25, 0.3) is 5.91 Å². The van der Waals surface area contributed by atoms with Gasteiger partial charge >= 0.3 is 6.03 Å². The molecule has 2 aromatic carbocycles. The smallest absolute Gasteiger partial charge is 0.317 e. The Bertz CT molecular complexity index is 963. The number of aliphatic hydroxyl groups excluding tert-OH is 1. The Morgan fingerprint density at radius 3 is 2.26 bits per heavy atom. The van der Waals surface area contributed by atoms with Crippen LogP contribution in [-0.2, 0) is 13.0 Å². The summed E-state index contributed by atoms with van der Waals surface area (Å²) in [6.07, 6.45) is 3.86. The van der Waals surface area contributed by atoms with Crippen LogP contribution >= 0.6 is 0 Å². The fourth-order valence-corrected chi connectivity index (χ4v) is 3.05. The lowest BCUT2D eigenvalue weighted by Gasteiger charge is -2.22. The second-order valence-electron chi connectivity index (χ2n) is 6.99. The lowest BCUT2D eigenvalue weighted by Crippen LogP contribution is -2.42. The fraction of sp³-hybridized carbons (Fsp3) is 0.208. The van der Waals surface area contributed by atoms with Crippen LogP contribution in [0.25, 0.3) is 0 Å². The van der Waals surface area contributed by atoms with E-state index in [9.17, 15) is 14.7 Å². The van der Waals surface area contributed by atoms with Crippen molar-refractivity contribution < 1.29 is 14.7 Å². The Hall–Kier alpha value is -3.71. The lowest BCUT2D eigenvalue weighted by atomic mass is 10.1. The molecule has 3 rings (SSSR count). The number of carbonyl (C=O) groups is 2. The SMILES string of the molecule is O=C(Nc1ccc(CNC(=O)N(CCO)CCc2ccccc2)cc1)c1ccncc1. The number of nitrogens with zero attached hydrogens (tertiary/aromatic N) is 2. The first-order valence-electron chi connectivity index (χ1n) is 10.1. The molecule has 3 amide bonds. The minimum atomic E-state index is -0.222. The van der Waals surface area contributed by atoms with Gasteiger partial charge in [0.05, 0.1) is 6.61 Å². The highest BCUT2D eigenvalue weighted by molar-refractivity contribution is 6.04. The topological polar surface area (TPSA) is 94.6 Å². The number of rotatable bonds is 9. The summed E-state index contributed by atoms with van der Waals surface area (Å²) in [4.78, 5) is 30.2. The number of amides is 3. The van der Waals surface area contributed by atoms with Gasteiger partial charge < -0.3 is 20.6 Å². The van der Waals surface area contributed by atoms with Crippen LogP contribution in [-0.4, -0.2) is 46.6 Å². The number of hydrogen-bond acceptors (Lipinski definition) is 4. The molecule has 0 atom stereocenters. The van der Waals surface area contributed by atoms with Crippen LogP contribution in [0.1, 0.15) is 21.5 Å². The van der Waals surface area contributed by atoms with Crippen LogP contribution in [0.15, 0.2) is 79.1 Å². The number of anilines is 1. The fourth-order valence-electron chi connectivity index (χ4n) is 3.05. The zero-order valence-electron chi connectivity index (χ0n) is 17.2. The molecule has 7 heteroatoms. The second kappa shape index (κ2) is 11.5. The van der Waals surface area contributed by atoms with E-state index < -0.39 is 0 Å². The molecule has 0 saturated carbocycles. The molecular formula is C24H26N4O3. The van der Waals surface area contributed by atoms with Crippen LogP contribution in [0.4, 0.5) is 10.5 Å². The number of carbonyl (C=O) groups excluding carboxylic acids is 2. The first-order valence-corrected chi connectivity index (χ1v) is 10.1. The molecule has 0 fully saturated rings. The van der Waals surface area contributed by atoms with Crippen molar-refractivity contribution in [2.24, 2.45) is 0 Å². The van der Waals surface area contributed by atoms with Gasteiger partial charge in [-0.2, -0.15) is 0 Å². The maximum atomic E-state index is 12.5. The molecule has 1 aromatic heterocycles. The molecule has 160 valence electrons. The molecule has 31 heavy (non-hydrogen) atoms. The molecule has 0 spiro atoms. The number of pyridine rings is 1. The summed E-state index contributed by atoms with van der Waals surface area (Å²) in [5, 5.41) is 15.0. The molecular weight excluding hydrogens is 392 g/mol. The zero-order valence-corrected chi connectivity index (χ0v) is 17.2. The summed E-state index contributed by atoms with van der Waals surface area (Å²) < 4.78 is 0. The van der Waals surface area contributed by atoms with E-state index in [2.05, 4.69) is 15.6 Å². The Kier molecular flexibility index (Phi) is 8.13. The highest BCUT2D eigenvalue weighted by Crippen LogP contribution is 2.11. The number of aromatic nitrogens is 1. The van der Waals surface area contributed by atoms with E-state index in [1.807, 2.05) is 42.5 Å².